The number of rotatable bonds is 9. The number of benzene rings is 2. The molecule has 0 radical (unpaired) electrons. The molecule has 7 heteroatoms. The third-order valence-electron chi connectivity index (χ3n) is 4.32. The number of nitrogens with zero attached hydrogens (tertiary/aromatic N) is 1. The first-order valence-electron chi connectivity index (χ1n) is 9.19. The van der Waals surface area contributed by atoms with Gasteiger partial charge in [0.1, 0.15) is 5.75 Å². The predicted octanol–water partition coefficient (Wildman–Crippen LogP) is 4.31. The fourth-order valence-electron chi connectivity index (χ4n) is 2.64. The summed E-state index contributed by atoms with van der Waals surface area (Å²) < 4.78 is 11.1. The molecule has 0 aliphatic heterocycles. The number of methoxy groups -OCH3 is 1. The maximum absolute atomic E-state index is 12.4. The lowest BCUT2D eigenvalue weighted by Gasteiger charge is -2.18. The molecule has 0 fully saturated rings. The van der Waals surface area contributed by atoms with Crippen molar-refractivity contribution in [2.24, 2.45) is 0 Å². The highest BCUT2D eigenvalue weighted by Gasteiger charge is 2.11. The number of phenolic OH excluding ortho intramolecular Hbond substituents is 1. The molecule has 29 heavy (non-hydrogen) atoms. The Morgan fingerprint density at radius 1 is 1.14 bits per heavy atom. The molecule has 2 aromatic carbocycles. The fraction of sp³-hybridized carbons (Fsp3) is 0.273. The molecular formula is C22H24BrNO5. The number of ketones is 1. The Morgan fingerprint density at radius 2 is 1.79 bits per heavy atom. The van der Waals surface area contributed by atoms with Gasteiger partial charge in [-0.05, 0) is 77.8 Å². The first kappa shape index (κ1) is 22.5. The summed E-state index contributed by atoms with van der Waals surface area (Å²) in [6.45, 7) is 5.08. The standard InChI is InChI=1S/C22H24BrNO5/c1-4-24(5-2)21(26)14-29-17-9-7-16(8-10-17)19(25)11-6-15-12-18(23)22(27)20(13-15)28-3/h6-13,27H,4-5,14H2,1-3H3/b11-6+. The molecule has 2 aromatic rings. The number of amides is 1. The second-order valence-corrected chi connectivity index (χ2v) is 6.98. The van der Waals surface area contributed by atoms with E-state index in [9.17, 15) is 14.7 Å². The van der Waals surface area contributed by atoms with Crippen LogP contribution in [0.15, 0.2) is 46.9 Å². The minimum Gasteiger partial charge on any atom is -0.503 e. The number of aromatic hydroxyl groups is 1. The van der Waals surface area contributed by atoms with Crippen molar-refractivity contribution in [1.82, 2.24) is 4.90 Å². The minimum absolute atomic E-state index is 0.00559. The molecule has 0 aromatic heterocycles. The van der Waals surface area contributed by atoms with Crippen LogP contribution in [-0.2, 0) is 4.79 Å². The van der Waals surface area contributed by atoms with Gasteiger partial charge < -0.3 is 19.5 Å². The average molecular weight is 462 g/mol. The maximum Gasteiger partial charge on any atom is 0.260 e. The molecule has 1 N–H and O–H groups in total. The van der Waals surface area contributed by atoms with Crippen molar-refractivity contribution in [2.75, 3.05) is 26.8 Å². The van der Waals surface area contributed by atoms with Crippen molar-refractivity contribution in [3.63, 3.8) is 0 Å². The molecule has 0 heterocycles. The van der Waals surface area contributed by atoms with Gasteiger partial charge in [0.05, 0.1) is 11.6 Å². The van der Waals surface area contributed by atoms with Gasteiger partial charge in [0, 0.05) is 18.7 Å². The number of allylic oxidation sites excluding steroid dienone is 1. The van der Waals surface area contributed by atoms with E-state index in [0.717, 1.165) is 0 Å². The van der Waals surface area contributed by atoms with E-state index in [-0.39, 0.29) is 24.0 Å². The summed E-state index contributed by atoms with van der Waals surface area (Å²) in [5.74, 6) is 0.587. The molecule has 6 nitrogen and oxygen atoms in total. The summed E-state index contributed by atoms with van der Waals surface area (Å²) >= 11 is 3.25. The van der Waals surface area contributed by atoms with Crippen LogP contribution in [-0.4, -0.2) is 48.5 Å². The van der Waals surface area contributed by atoms with Gasteiger partial charge in [-0.1, -0.05) is 6.08 Å². The van der Waals surface area contributed by atoms with Crippen molar-refractivity contribution in [3.05, 3.63) is 58.1 Å². The molecule has 0 spiro atoms. The Hall–Kier alpha value is -2.80. The van der Waals surface area contributed by atoms with E-state index in [2.05, 4.69) is 15.9 Å². The van der Waals surface area contributed by atoms with Crippen LogP contribution in [0.1, 0.15) is 29.8 Å². The van der Waals surface area contributed by atoms with E-state index in [1.54, 1.807) is 47.4 Å². The number of carbonyl (C=O) groups excluding carboxylic acids is 2. The van der Waals surface area contributed by atoms with Gasteiger partial charge in [-0.2, -0.15) is 0 Å². The lowest BCUT2D eigenvalue weighted by atomic mass is 10.1. The zero-order chi connectivity index (χ0) is 21.4. The molecule has 2 rings (SSSR count). The summed E-state index contributed by atoms with van der Waals surface area (Å²) in [5.41, 5.74) is 1.20. The summed E-state index contributed by atoms with van der Waals surface area (Å²) in [5, 5.41) is 9.84. The minimum atomic E-state index is -0.182. The second-order valence-electron chi connectivity index (χ2n) is 6.13. The summed E-state index contributed by atoms with van der Waals surface area (Å²) in [6, 6.07) is 9.95. The molecule has 1 amide bonds. The highest BCUT2D eigenvalue weighted by Crippen LogP contribution is 2.35. The lowest BCUT2D eigenvalue weighted by Crippen LogP contribution is -2.34. The van der Waals surface area contributed by atoms with Crippen LogP contribution in [0, 0.1) is 0 Å². The van der Waals surface area contributed by atoms with E-state index in [1.807, 2.05) is 13.8 Å². The molecule has 0 saturated carbocycles. The first-order valence-corrected chi connectivity index (χ1v) is 9.98. The quantitative estimate of drug-likeness (QED) is 0.444. The van der Waals surface area contributed by atoms with Crippen LogP contribution >= 0.6 is 15.9 Å². The Labute approximate surface area is 178 Å². The Morgan fingerprint density at radius 3 is 2.38 bits per heavy atom. The van der Waals surface area contributed by atoms with Gasteiger partial charge >= 0.3 is 0 Å². The van der Waals surface area contributed by atoms with E-state index in [0.29, 0.717) is 40.2 Å². The third-order valence-corrected chi connectivity index (χ3v) is 4.92. The highest BCUT2D eigenvalue weighted by molar-refractivity contribution is 9.10. The first-order chi connectivity index (χ1) is 13.9. The number of hydrogen-bond donors (Lipinski definition) is 1. The van der Waals surface area contributed by atoms with Crippen molar-refractivity contribution in [1.29, 1.82) is 0 Å². The fourth-order valence-corrected chi connectivity index (χ4v) is 3.10. The van der Waals surface area contributed by atoms with E-state index in [1.165, 1.54) is 13.2 Å². The van der Waals surface area contributed by atoms with Crippen LogP contribution in [0.4, 0.5) is 0 Å². The Kier molecular flexibility index (Phi) is 8.27. The number of halogens is 1. The van der Waals surface area contributed by atoms with Crippen LogP contribution < -0.4 is 9.47 Å². The third kappa shape index (κ3) is 6.09. The molecule has 0 saturated heterocycles. The second kappa shape index (κ2) is 10.7. The van der Waals surface area contributed by atoms with Gasteiger partial charge in [-0.15, -0.1) is 0 Å². The Balaban J connectivity index is 2.01. The van der Waals surface area contributed by atoms with Gasteiger partial charge in [0.25, 0.3) is 5.91 Å². The number of ether oxygens (including phenoxy) is 2. The van der Waals surface area contributed by atoms with E-state index < -0.39 is 0 Å². The van der Waals surface area contributed by atoms with Crippen LogP contribution in [0.3, 0.4) is 0 Å². The van der Waals surface area contributed by atoms with Crippen molar-refractivity contribution >= 4 is 33.7 Å². The molecule has 154 valence electrons. The topological polar surface area (TPSA) is 76.1 Å². The van der Waals surface area contributed by atoms with Gasteiger partial charge in [-0.25, -0.2) is 0 Å². The number of hydrogen-bond acceptors (Lipinski definition) is 5. The zero-order valence-corrected chi connectivity index (χ0v) is 18.2. The largest absolute Gasteiger partial charge is 0.503 e. The maximum atomic E-state index is 12.4. The van der Waals surface area contributed by atoms with Crippen molar-refractivity contribution in [2.45, 2.75) is 13.8 Å². The summed E-state index contributed by atoms with van der Waals surface area (Å²) in [6.07, 6.45) is 3.08. The SMILES string of the molecule is CCN(CC)C(=O)COc1ccc(C(=O)/C=C/c2cc(Br)c(O)c(OC)c2)cc1. The van der Waals surface area contributed by atoms with Gasteiger partial charge in [-0.3, -0.25) is 9.59 Å². The monoisotopic (exact) mass is 461 g/mol. The smallest absolute Gasteiger partial charge is 0.260 e. The van der Waals surface area contributed by atoms with Crippen molar-refractivity contribution in [3.8, 4) is 17.2 Å². The van der Waals surface area contributed by atoms with Gasteiger partial charge in [0.15, 0.2) is 23.9 Å². The van der Waals surface area contributed by atoms with Crippen LogP contribution in [0.2, 0.25) is 0 Å². The summed E-state index contributed by atoms with van der Waals surface area (Å²) in [4.78, 5) is 26.1. The molecule has 0 aliphatic rings. The number of likely N-dealkylation sites (N-methyl/N-ethyl adjacent to an activating group) is 1. The van der Waals surface area contributed by atoms with Crippen LogP contribution in [0.25, 0.3) is 6.08 Å². The molecule has 0 atom stereocenters. The lowest BCUT2D eigenvalue weighted by molar-refractivity contribution is -0.132. The van der Waals surface area contributed by atoms with Crippen molar-refractivity contribution < 1.29 is 24.2 Å². The number of phenols is 1. The summed E-state index contributed by atoms with van der Waals surface area (Å²) in [7, 11) is 1.46. The highest BCUT2D eigenvalue weighted by atomic mass is 79.9. The normalized spacial score (nSPS) is 10.8. The molecule has 0 bridgehead atoms. The predicted molar refractivity (Wildman–Crippen MR) is 116 cm³/mol. The van der Waals surface area contributed by atoms with E-state index in [4.69, 9.17) is 9.47 Å². The van der Waals surface area contributed by atoms with Crippen LogP contribution in [0.5, 0.6) is 17.2 Å². The average Bonchev–Trinajstić information content (AvgIpc) is 2.73. The molecule has 0 aliphatic carbocycles. The molecule has 0 unspecified atom stereocenters. The number of carbonyl (C=O) groups is 2. The van der Waals surface area contributed by atoms with Gasteiger partial charge in [0.2, 0.25) is 0 Å². The molecular weight excluding hydrogens is 438 g/mol. The zero-order valence-electron chi connectivity index (χ0n) is 16.6. The Bertz CT molecular complexity index is 889. The van der Waals surface area contributed by atoms with E-state index >= 15 is 0 Å².